The molecule has 0 fully saturated rings. The van der Waals surface area contributed by atoms with Gasteiger partial charge < -0.3 is 0 Å². The Kier molecular flexibility index (Phi) is 3.17. The normalized spacial score (nSPS) is 10.9. The highest BCUT2D eigenvalue weighted by Gasteiger charge is 2.12. The van der Waals surface area contributed by atoms with Crippen LogP contribution in [-0.2, 0) is 0 Å². The average molecular weight is 291 g/mol. The molecule has 0 spiro atoms. The molecule has 0 N–H and O–H groups in total. The van der Waals surface area contributed by atoms with E-state index in [2.05, 4.69) is 0 Å². The van der Waals surface area contributed by atoms with E-state index in [0.717, 1.165) is 16.5 Å². The van der Waals surface area contributed by atoms with E-state index in [1.54, 1.807) is 12.1 Å². The van der Waals surface area contributed by atoms with Gasteiger partial charge in [0.1, 0.15) is 5.82 Å². The standard InChI is InChI=1S/C16H9Cl2F/c17-13-8-3-7-12(16(13)18)11-6-1-4-10-5-2-9-14(19)15(10)11/h1-9H. The first kappa shape index (κ1) is 12.5. The van der Waals surface area contributed by atoms with Crippen LogP contribution in [0.4, 0.5) is 4.39 Å². The first-order valence-electron chi connectivity index (χ1n) is 5.80. The fourth-order valence-corrected chi connectivity index (χ4v) is 2.63. The fourth-order valence-electron chi connectivity index (χ4n) is 2.23. The van der Waals surface area contributed by atoms with Crippen molar-refractivity contribution in [1.82, 2.24) is 0 Å². The Bertz CT molecular complexity index is 761. The fraction of sp³-hybridized carbons (Fsp3) is 0. The van der Waals surface area contributed by atoms with Crippen LogP contribution < -0.4 is 0 Å². The average Bonchev–Trinajstić information content (AvgIpc) is 2.42. The van der Waals surface area contributed by atoms with Gasteiger partial charge in [-0.05, 0) is 23.1 Å². The van der Waals surface area contributed by atoms with Crippen molar-refractivity contribution >= 4 is 34.0 Å². The summed E-state index contributed by atoms with van der Waals surface area (Å²) in [5.41, 5.74) is 1.49. The lowest BCUT2D eigenvalue weighted by Gasteiger charge is -2.10. The van der Waals surface area contributed by atoms with E-state index in [4.69, 9.17) is 23.2 Å². The number of hydrogen-bond donors (Lipinski definition) is 0. The van der Waals surface area contributed by atoms with Gasteiger partial charge in [-0.15, -0.1) is 0 Å². The molecule has 0 heterocycles. The van der Waals surface area contributed by atoms with Gasteiger partial charge in [0.05, 0.1) is 10.0 Å². The number of halogens is 3. The van der Waals surface area contributed by atoms with Gasteiger partial charge in [0.2, 0.25) is 0 Å². The van der Waals surface area contributed by atoms with Crippen LogP contribution in [0.15, 0.2) is 54.6 Å². The third-order valence-corrected chi connectivity index (χ3v) is 3.91. The van der Waals surface area contributed by atoms with Crippen molar-refractivity contribution < 1.29 is 4.39 Å². The first-order chi connectivity index (χ1) is 9.18. The molecule has 0 saturated heterocycles. The van der Waals surface area contributed by atoms with Crippen LogP contribution in [0.2, 0.25) is 10.0 Å². The zero-order chi connectivity index (χ0) is 13.4. The minimum atomic E-state index is -0.260. The predicted octanol–water partition coefficient (Wildman–Crippen LogP) is 5.95. The Morgan fingerprint density at radius 2 is 1.37 bits per heavy atom. The minimum absolute atomic E-state index is 0.260. The van der Waals surface area contributed by atoms with Crippen LogP contribution in [0.1, 0.15) is 0 Å². The molecule has 0 aliphatic rings. The summed E-state index contributed by atoms with van der Waals surface area (Å²) in [5, 5.41) is 2.31. The molecule has 3 aromatic rings. The minimum Gasteiger partial charge on any atom is -0.206 e. The summed E-state index contributed by atoms with van der Waals surface area (Å²) in [6, 6.07) is 16.0. The maximum Gasteiger partial charge on any atom is 0.131 e. The summed E-state index contributed by atoms with van der Waals surface area (Å²) in [6.07, 6.45) is 0. The summed E-state index contributed by atoms with van der Waals surface area (Å²) < 4.78 is 14.1. The van der Waals surface area contributed by atoms with E-state index in [1.165, 1.54) is 6.07 Å². The van der Waals surface area contributed by atoms with Gasteiger partial charge in [0.25, 0.3) is 0 Å². The molecule has 0 bridgehead atoms. The third kappa shape index (κ3) is 2.09. The molecule has 3 heteroatoms. The molecule has 0 atom stereocenters. The zero-order valence-corrected chi connectivity index (χ0v) is 11.3. The van der Waals surface area contributed by atoms with Gasteiger partial charge in [0.15, 0.2) is 0 Å². The largest absolute Gasteiger partial charge is 0.206 e. The molecule has 0 radical (unpaired) electrons. The zero-order valence-electron chi connectivity index (χ0n) is 9.83. The van der Waals surface area contributed by atoms with E-state index in [-0.39, 0.29) is 5.82 Å². The van der Waals surface area contributed by atoms with Crippen LogP contribution in [0.5, 0.6) is 0 Å². The van der Waals surface area contributed by atoms with Gasteiger partial charge in [-0.3, -0.25) is 0 Å². The van der Waals surface area contributed by atoms with Crippen LogP contribution in [-0.4, -0.2) is 0 Å². The van der Waals surface area contributed by atoms with Crippen molar-refractivity contribution in [2.24, 2.45) is 0 Å². The molecule has 94 valence electrons. The number of hydrogen-bond acceptors (Lipinski definition) is 0. The third-order valence-electron chi connectivity index (χ3n) is 3.10. The maximum absolute atomic E-state index is 14.1. The summed E-state index contributed by atoms with van der Waals surface area (Å²) in [4.78, 5) is 0. The molecule has 0 nitrogen and oxygen atoms in total. The van der Waals surface area contributed by atoms with Crippen molar-refractivity contribution in [1.29, 1.82) is 0 Å². The topological polar surface area (TPSA) is 0 Å². The number of rotatable bonds is 1. The summed E-state index contributed by atoms with van der Waals surface area (Å²) >= 11 is 12.3. The van der Waals surface area contributed by atoms with Gasteiger partial charge in [-0.2, -0.15) is 0 Å². The van der Waals surface area contributed by atoms with Crippen molar-refractivity contribution in [2.45, 2.75) is 0 Å². The van der Waals surface area contributed by atoms with Crippen molar-refractivity contribution in [3.8, 4) is 11.1 Å². The monoisotopic (exact) mass is 290 g/mol. The van der Waals surface area contributed by atoms with Crippen molar-refractivity contribution in [3.63, 3.8) is 0 Å². The summed E-state index contributed by atoms with van der Waals surface area (Å²) in [6.45, 7) is 0. The van der Waals surface area contributed by atoms with Gasteiger partial charge in [-0.1, -0.05) is 65.7 Å². The first-order valence-corrected chi connectivity index (χ1v) is 6.55. The van der Waals surface area contributed by atoms with Crippen LogP contribution in [0, 0.1) is 5.82 Å². The Balaban J connectivity index is 2.40. The predicted molar refractivity (Wildman–Crippen MR) is 79.4 cm³/mol. The highest BCUT2D eigenvalue weighted by Crippen LogP contribution is 2.37. The van der Waals surface area contributed by atoms with E-state index < -0.39 is 0 Å². The second kappa shape index (κ2) is 4.84. The maximum atomic E-state index is 14.1. The second-order valence-corrected chi connectivity index (χ2v) is 5.03. The van der Waals surface area contributed by atoms with Crippen molar-refractivity contribution in [3.05, 3.63) is 70.5 Å². The molecule has 3 aromatic carbocycles. The summed E-state index contributed by atoms with van der Waals surface area (Å²) in [5.74, 6) is -0.260. The lowest BCUT2D eigenvalue weighted by atomic mass is 9.98. The van der Waals surface area contributed by atoms with Gasteiger partial charge in [-0.25, -0.2) is 4.39 Å². The molecule has 0 unspecified atom stereocenters. The summed E-state index contributed by atoms with van der Waals surface area (Å²) in [7, 11) is 0. The lowest BCUT2D eigenvalue weighted by Crippen LogP contribution is -1.86. The van der Waals surface area contributed by atoms with E-state index in [9.17, 15) is 4.39 Å². The Labute approximate surface area is 120 Å². The van der Waals surface area contributed by atoms with Crippen molar-refractivity contribution in [2.75, 3.05) is 0 Å². The number of fused-ring (bicyclic) bond motifs is 1. The molecule has 0 aromatic heterocycles. The SMILES string of the molecule is Fc1cccc2cccc(-c3cccc(Cl)c3Cl)c12. The molecular formula is C16H9Cl2F. The molecule has 0 amide bonds. The molecule has 0 aliphatic heterocycles. The smallest absolute Gasteiger partial charge is 0.131 e. The second-order valence-electron chi connectivity index (χ2n) is 4.24. The molecular weight excluding hydrogens is 282 g/mol. The van der Waals surface area contributed by atoms with E-state index in [1.807, 2.05) is 36.4 Å². The molecule has 0 aliphatic carbocycles. The van der Waals surface area contributed by atoms with Crippen LogP contribution in [0.3, 0.4) is 0 Å². The molecule has 19 heavy (non-hydrogen) atoms. The van der Waals surface area contributed by atoms with E-state index in [0.29, 0.717) is 15.4 Å². The molecule has 3 rings (SSSR count). The van der Waals surface area contributed by atoms with Crippen LogP contribution >= 0.6 is 23.2 Å². The number of benzene rings is 3. The Morgan fingerprint density at radius 1 is 0.737 bits per heavy atom. The van der Waals surface area contributed by atoms with Gasteiger partial charge >= 0.3 is 0 Å². The van der Waals surface area contributed by atoms with Crippen LogP contribution in [0.25, 0.3) is 21.9 Å². The highest BCUT2D eigenvalue weighted by atomic mass is 35.5. The molecule has 0 saturated carbocycles. The quantitative estimate of drug-likeness (QED) is 0.519. The Morgan fingerprint density at radius 3 is 2.16 bits per heavy atom. The highest BCUT2D eigenvalue weighted by molar-refractivity contribution is 6.43. The van der Waals surface area contributed by atoms with Gasteiger partial charge in [0, 0.05) is 10.9 Å². The van der Waals surface area contributed by atoms with E-state index >= 15 is 0 Å². The Hall–Kier alpha value is -1.57. The lowest BCUT2D eigenvalue weighted by molar-refractivity contribution is 0.640.